The Hall–Kier alpha value is -2.97. The Bertz CT molecular complexity index is 967. The summed E-state index contributed by atoms with van der Waals surface area (Å²) in [6.45, 7) is 3.43. The minimum Gasteiger partial charge on any atom is -0.354 e. The van der Waals surface area contributed by atoms with Crippen molar-refractivity contribution in [2.24, 2.45) is 5.41 Å². The zero-order valence-electron chi connectivity index (χ0n) is 15.8. The Morgan fingerprint density at radius 1 is 1.11 bits per heavy atom. The predicted molar refractivity (Wildman–Crippen MR) is 104 cm³/mol. The van der Waals surface area contributed by atoms with E-state index in [0.717, 1.165) is 68.9 Å². The van der Waals surface area contributed by atoms with Crippen molar-refractivity contribution < 1.29 is 4.79 Å². The van der Waals surface area contributed by atoms with Crippen LogP contribution >= 0.6 is 0 Å². The average Bonchev–Trinajstić information content (AvgIpc) is 3.40. The normalized spacial score (nSPS) is 23.1. The molecule has 0 unspecified atom stereocenters. The fourth-order valence-electron chi connectivity index (χ4n) is 4.70. The first-order chi connectivity index (χ1) is 13.7. The third-order valence-corrected chi connectivity index (χ3v) is 6.12. The second-order valence-corrected chi connectivity index (χ2v) is 7.97. The van der Waals surface area contributed by atoms with Crippen LogP contribution in [0.2, 0.25) is 0 Å². The smallest absolute Gasteiger partial charge is 0.222 e. The number of nitrogens with one attached hydrogen (secondary N) is 2. The average molecular weight is 380 g/mol. The number of aromatic amines is 2. The molecule has 2 fully saturated rings. The number of nitrogens with zero attached hydrogens (tertiary/aromatic N) is 6. The highest BCUT2D eigenvalue weighted by molar-refractivity contribution is 5.82. The van der Waals surface area contributed by atoms with Crippen molar-refractivity contribution >= 4 is 22.9 Å². The molecular formula is C19H24N8O. The quantitative estimate of drug-likeness (QED) is 0.711. The number of carbonyl (C=O) groups is 1. The van der Waals surface area contributed by atoms with Gasteiger partial charge in [0.05, 0.1) is 12.7 Å². The highest BCUT2D eigenvalue weighted by Gasteiger charge is 2.42. The lowest BCUT2D eigenvalue weighted by Crippen LogP contribution is -2.54. The fraction of sp³-hybridized carbons (Fsp3) is 0.526. The van der Waals surface area contributed by atoms with Gasteiger partial charge in [-0.05, 0) is 19.3 Å². The van der Waals surface area contributed by atoms with Crippen LogP contribution < -0.4 is 4.90 Å². The summed E-state index contributed by atoms with van der Waals surface area (Å²) in [5.74, 6) is 1.18. The lowest BCUT2D eigenvalue weighted by molar-refractivity contribution is -0.137. The lowest BCUT2D eigenvalue weighted by atomic mass is 9.73. The number of fused-ring (bicyclic) bond motifs is 1. The minimum absolute atomic E-state index is 0.122. The van der Waals surface area contributed by atoms with E-state index in [2.05, 4.69) is 34.8 Å². The molecule has 1 atom stereocenters. The second-order valence-electron chi connectivity index (χ2n) is 7.97. The molecule has 1 amide bonds. The first-order valence-corrected chi connectivity index (χ1v) is 9.87. The summed E-state index contributed by atoms with van der Waals surface area (Å²) in [6.07, 6.45) is 11.4. The van der Waals surface area contributed by atoms with Crippen LogP contribution in [0, 0.1) is 5.41 Å². The molecule has 0 aromatic carbocycles. The van der Waals surface area contributed by atoms with Gasteiger partial charge in [-0.1, -0.05) is 0 Å². The van der Waals surface area contributed by atoms with Crippen LogP contribution in [0.15, 0.2) is 25.2 Å². The molecule has 3 aromatic rings. The number of imidazole rings is 2. The third-order valence-electron chi connectivity index (χ3n) is 6.12. The van der Waals surface area contributed by atoms with Crippen LogP contribution in [0.4, 0.5) is 5.82 Å². The van der Waals surface area contributed by atoms with E-state index in [1.807, 2.05) is 11.1 Å². The number of aromatic nitrogens is 6. The third kappa shape index (κ3) is 3.10. The molecule has 9 heteroatoms. The number of anilines is 1. The molecule has 2 N–H and O–H groups in total. The summed E-state index contributed by atoms with van der Waals surface area (Å²) in [6, 6.07) is 0. The number of hydrogen-bond acceptors (Lipinski definition) is 6. The van der Waals surface area contributed by atoms with Gasteiger partial charge in [-0.2, -0.15) is 0 Å². The Balaban J connectivity index is 1.34. The van der Waals surface area contributed by atoms with E-state index in [4.69, 9.17) is 0 Å². The van der Waals surface area contributed by atoms with Gasteiger partial charge >= 0.3 is 0 Å². The fourth-order valence-corrected chi connectivity index (χ4v) is 4.70. The molecule has 28 heavy (non-hydrogen) atoms. The molecule has 5 heterocycles. The van der Waals surface area contributed by atoms with Crippen LogP contribution in [-0.4, -0.2) is 66.9 Å². The number of amides is 1. The summed E-state index contributed by atoms with van der Waals surface area (Å²) >= 11 is 0. The van der Waals surface area contributed by atoms with Crippen molar-refractivity contribution in [2.45, 2.75) is 32.1 Å². The van der Waals surface area contributed by atoms with Crippen molar-refractivity contribution in [3.05, 3.63) is 30.9 Å². The van der Waals surface area contributed by atoms with Gasteiger partial charge in [0.1, 0.15) is 11.8 Å². The molecule has 3 aromatic heterocycles. The zero-order chi connectivity index (χ0) is 19.0. The first kappa shape index (κ1) is 17.2. The summed E-state index contributed by atoms with van der Waals surface area (Å²) < 4.78 is 0. The lowest BCUT2D eigenvalue weighted by Gasteiger charge is -2.48. The Morgan fingerprint density at radius 2 is 2.07 bits per heavy atom. The highest BCUT2D eigenvalue weighted by Crippen LogP contribution is 2.40. The van der Waals surface area contributed by atoms with Crippen molar-refractivity contribution in [2.75, 3.05) is 31.1 Å². The van der Waals surface area contributed by atoms with Gasteiger partial charge in [0.15, 0.2) is 11.5 Å². The number of H-pyrrole nitrogens is 2. The summed E-state index contributed by atoms with van der Waals surface area (Å²) in [4.78, 5) is 40.3. The molecule has 0 aliphatic carbocycles. The van der Waals surface area contributed by atoms with Crippen molar-refractivity contribution in [3.8, 4) is 0 Å². The molecule has 0 radical (unpaired) electrons. The van der Waals surface area contributed by atoms with E-state index in [1.165, 1.54) is 0 Å². The van der Waals surface area contributed by atoms with Crippen molar-refractivity contribution in [1.82, 2.24) is 34.8 Å². The largest absolute Gasteiger partial charge is 0.354 e. The first-order valence-electron chi connectivity index (χ1n) is 9.87. The molecule has 0 bridgehead atoms. The summed E-state index contributed by atoms with van der Waals surface area (Å²) in [5.41, 5.74) is 2.78. The van der Waals surface area contributed by atoms with Gasteiger partial charge in [-0.25, -0.2) is 19.9 Å². The maximum atomic E-state index is 12.5. The van der Waals surface area contributed by atoms with Crippen LogP contribution in [0.25, 0.3) is 11.2 Å². The molecule has 2 aliphatic heterocycles. The second kappa shape index (κ2) is 6.88. The van der Waals surface area contributed by atoms with Gasteiger partial charge in [0.25, 0.3) is 0 Å². The van der Waals surface area contributed by atoms with E-state index in [0.29, 0.717) is 12.1 Å². The van der Waals surface area contributed by atoms with Crippen molar-refractivity contribution in [1.29, 1.82) is 0 Å². The van der Waals surface area contributed by atoms with E-state index in [-0.39, 0.29) is 11.3 Å². The van der Waals surface area contributed by atoms with E-state index in [9.17, 15) is 4.79 Å². The number of piperidine rings is 2. The minimum atomic E-state index is 0.122. The predicted octanol–water partition coefficient (Wildman–Crippen LogP) is 1.53. The SMILES string of the molecule is O=C1CC[C@@]2(CCCN(c3ncnc4nc[nH]c34)C2)CN1CCc1cnc[nH]1. The molecule has 5 rings (SSSR count). The monoisotopic (exact) mass is 380 g/mol. The Labute approximate surface area is 162 Å². The molecule has 2 aliphatic rings. The summed E-state index contributed by atoms with van der Waals surface area (Å²) in [7, 11) is 0. The van der Waals surface area contributed by atoms with Gasteiger partial charge in [-0.3, -0.25) is 4.79 Å². The highest BCUT2D eigenvalue weighted by atomic mass is 16.2. The molecule has 0 saturated carbocycles. The molecule has 146 valence electrons. The van der Waals surface area contributed by atoms with Crippen molar-refractivity contribution in [3.63, 3.8) is 0 Å². The molecule has 1 spiro atoms. The van der Waals surface area contributed by atoms with E-state index < -0.39 is 0 Å². The summed E-state index contributed by atoms with van der Waals surface area (Å²) in [5, 5.41) is 0. The maximum absolute atomic E-state index is 12.5. The molecule has 9 nitrogen and oxygen atoms in total. The zero-order valence-corrected chi connectivity index (χ0v) is 15.8. The maximum Gasteiger partial charge on any atom is 0.222 e. The van der Waals surface area contributed by atoms with Gasteiger partial charge in [-0.15, -0.1) is 0 Å². The molecule has 2 saturated heterocycles. The topological polar surface area (TPSA) is 107 Å². The Morgan fingerprint density at radius 3 is 2.96 bits per heavy atom. The standard InChI is InChI=1S/C19H24N8O/c28-15-2-5-19(9-26(15)7-3-14-8-20-11-21-14)4-1-6-27(10-19)18-16-17(23-12-22-16)24-13-25-18/h8,11-13H,1-7,9-10H2,(H,20,21)(H,22,23,24,25)/t19-/m0/s1. The van der Waals surface area contributed by atoms with E-state index in [1.54, 1.807) is 19.0 Å². The molecular weight excluding hydrogens is 356 g/mol. The van der Waals surface area contributed by atoms with E-state index >= 15 is 0 Å². The number of rotatable bonds is 4. The van der Waals surface area contributed by atoms with Gasteiger partial charge in [0.2, 0.25) is 5.91 Å². The van der Waals surface area contributed by atoms with Crippen LogP contribution in [0.3, 0.4) is 0 Å². The van der Waals surface area contributed by atoms with Crippen LogP contribution in [-0.2, 0) is 11.2 Å². The van der Waals surface area contributed by atoms with Crippen LogP contribution in [0.1, 0.15) is 31.4 Å². The van der Waals surface area contributed by atoms with Gasteiger partial charge < -0.3 is 19.8 Å². The van der Waals surface area contributed by atoms with Crippen LogP contribution in [0.5, 0.6) is 0 Å². The number of likely N-dealkylation sites (tertiary alicyclic amines) is 1. The number of carbonyl (C=O) groups excluding carboxylic acids is 1. The Kier molecular flexibility index (Phi) is 4.22. The van der Waals surface area contributed by atoms with Gasteiger partial charge in [0, 0.05) is 56.3 Å². The number of hydrogen-bond donors (Lipinski definition) is 2.